The van der Waals surface area contributed by atoms with Crippen molar-refractivity contribution in [2.45, 2.75) is 38.7 Å². The third-order valence-corrected chi connectivity index (χ3v) is 6.74. The highest BCUT2D eigenvalue weighted by molar-refractivity contribution is 5.70. The molecule has 2 aromatic rings. The first-order valence-corrected chi connectivity index (χ1v) is 10.4. The molecule has 4 bridgehead atoms. The van der Waals surface area contributed by atoms with E-state index in [1.165, 1.54) is 31.2 Å². The molecule has 7 rings (SSSR count). The van der Waals surface area contributed by atoms with E-state index in [0.29, 0.717) is 13.2 Å². The summed E-state index contributed by atoms with van der Waals surface area (Å²) in [4.78, 5) is 0. The predicted octanol–water partition coefficient (Wildman–Crippen LogP) is 5.88. The molecule has 3 fully saturated rings. The van der Waals surface area contributed by atoms with Crippen LogP contribution in [0.1, 0.15) is 32.6 Å². The Balaban J connectivity index is 1.18. The van der Waals surface area contributed by atoms with E-state index in [-0.39, 0.29) is 6.10 Å². The van der Waals surface area contributed by atoms with E-state index < -0.39 is 0 Å². The molecule has 2 aromatic carbocycles. The molecule has 0 radical (unpaired) electrons. The van der Waals surface area contributed by atoms with Crippen LogP contribution in [0.4, 0.5) is 0 Å². The SMILES string of the molecule is CC(OCCOc1ccccc1-c1ccccc1)C1=C2C3CC(C1)CC2C3. The first-order valence-electron chi connectivity index (χ1n) is 10.4. The molecule has 0 N–H and O–H groups in total. The number of fused-ring (bicyclic) bond motifs is 1. The molecule has 0 saturated heterocycles. The Bertz CT molecular complexity index is 824. The summed E-state index contributed by atoms with van der Waals surface area (Å²) in [5, 5.41) is 0. The highest BCUT2D eigenvalue weighted by Gasteiger charge is 2.48. The average Bonchev–Trinajstić information content (AvgIpc) is 2.71. The predicted molar refractivity (Wildman–Crippen MR) is 109 cm³/mol. The topological polar surface area (TPSA) is 18.5 Å². The maximum Gasteiger partial charge on any atom is 0.127 e. The molecule has 2 heteroatoms. The summed E-state index contributed by atoms with van der Waals surface area (Å²) >= 11 is 0. The van der Waals surface area contributed by atoms with Gasteiger partial charge in [0.25, 0.3) is 0 Å². The van der Waals surface area contributed by atoms with Crippen LogP contribution in [-0.2, 0) is 4.74 Å². The van der Waals surface area contributed by atoms with Gasteiger partial charge in [0.05, 0.1) is 12.7 Å². The summed E-state index contributed by atoms with van der Waals surface area (Å²) in [5.41, 5.74) is 5.73. The van der Waals surface area contributed by atoms with Gasteiger partial charge in [0.15, 0.2) is 0 Å². The quantitative estimate of drug-likeness (QED) is 0.453. The Morgan fingerprint density at radius 3 is 2.41 bits per heavy atom. The normalized spacial score (nSPS) is 26.6. The zero-order chi connectivity index (χ0) is 18.2. The monoisotopic (exact) mass is 360 g/mol. The Kier molecular flexibility index (Phi) is 4.53. The minimum absolute atomic E-state index is 0.251. The fraction of sp³-hybridized carbons (Fsp3) is 0.440. The number of ether oxygens (including phenoxy) is 2. The molecule has 27 heavy (non-hydrogen) atoms. The first-order chi connectivity index (χ1) is 13.3. The lowest BCUT2D eigenvalue weighted by Crippen LogP contribution is -2.44. The summed E-state index contributed by atoms with van der Waals surface area (Å²) in [7, 11) is 0. The molecule has 3 unspecified atom stereocenters. The Hall–Kier alpha value is -2.06. The molecular formula is C25H28O2. The van der Waals surface area contributed by atoms with Crippen molar-refractivity contribution < 1.29 is 9.47 Å². The molecule has 140 valence electrons. The van der Waals surface area contributed by atoms with Crippen molar-refractivity contribution in [3.8, 4) is 16.9 Å². The summed E-state index contributed by atoms with van der Waals surface area (Å²) in [6.07, 6.45) is 5.87. The average molecular weight is 360 g/mol. The Morgan fingerprint density at radius 2 is 1.63 bits per heavy atom. The first kappa shape index (κ1) is 17.1. The second-order valence-electron chi connectivity index (χ2n) is 8.38. The van der Waals surface area contributed by atoms with Gasteiger partial charge < -0.3 is 9.47 Å². The molecule has 3 atom stereocenters. The van der Waals surface area contributed by atoms with E-state index in [9.17, 15) is 0 Å². The van der Waals surface area contributed by atoms with E-state index in [1.807, 2.05) is 18.2 Å². The number of rotatable bonds is 7. The second-order valence-corrected chi connectivity index (χ2v) is 8.38. The van der Waals surface area contributed by atoms with Gasteiger partial charge in [0.1, 0.15) is 12.4 Å². The van der Waals surface area contributed by atoms with Crippen molar-refractivity contribution in [2.75, 3.05) is 13.2 Å². The molecule has 5 aliphatic carbocycles. The largest absolute Gasteiger partial charge is 0.491 e. The van der Waals surface area contributed by atoms with E-state index in [4.69, 9.17) is 9.47 Å². The fourth-order valence-corrected chi connectivity index (χ4v) is 5.56. The molecule has 3 saturated carbocycles. The smallest absolute Gasteiger partial charge is 0.127 e. The maximum atomic E-state index is 6.19. The van der Waals surface area contributed by atoms with Crippen molar-refractivity contribution in [3.05, 3.63) is 65.7 Å². The van der Waals surface area contributed by atoms with Crippen LogP contribution < -0.4 is 4.74 Å². The van der Waals surface area contributed by atoms with Crippen LogP contribution in [0.15, 0.2) is 65.7 Å². The van der Waals surface area contributed by atoms with Crippen molar-refractivity contribution in [2.24, 2.45) is 17.8 Å². The molecule has 0 spiro atoms. The van der Waals surface area contributed by atoms with Gasteiger partial charge >= 0.3 is 0 Å². The lowest BCUT2D eigenvalue weighted by atomic mass is 9.51. The summed E-state index contributed by atoms with van der Waals surface area (Å²) in [6.45, 7) is 3.47. The van der Waals surface area contributed by atoms with Gasteiger partial charge in [0.2, 0.25) is 0 Å². The van der Waals surface area contributed by atoms with Crippen LogP contribution in [0.2, 0.25) is 0 Å². The van der Waals surface area contributed by atoms with Crippen LogP contribution in [0.3, 0.4) is 0 Å². The number of allylic oxidation sites excluding steroid dienone is 1. The van der Waals surface area contributed by atoms with Crippen LogP contribution in [-0.4, -0.2) is 19.3 Å². The highest BCUT2D eigenvalue weighted by Crippen LogP contribution is 2.59. The van der Waals surface area contributed by atoms with Gasteiger partial charge in [0, 0.05) is 5.56 Å². The lowest BCUT2D eigenvalue weighted by Gasteiger charge is -2.54. The number of hydrogen-bond acceptors (Lipinski definition) is 2. The minimum Gasteiger partial charge on any atom is -0.491 e. The molecule has 0 aromatic heterocycles. The van der Waals surface area contributed by atoms with Crippen LogP contribution >= 0.6 is 0 Å². The highest BCUT2D eigenvalue weighted by atomic mass is 16.5. The fourth-order valence-electron chi connectivity index (χ4n) is 5.56. The maximum absolute atomic E-state index is 6.19. The molecular weight excluding hydrogens is 332 g/mol. The van der Waals surface area contributed by atoms with Gasteiger partial charge in [-0.2, -0.15) is 0 Å². The summed E-state index contributed by atoms with van der Waals surface area (Å²) in [5.74, 6) is 3.66. The van der Waals surface area contributed by atoms with Gasteiger partial charge in [-0.25, -0.2) is 0 Å². The summed E-state index contributed by atoms with van der Waals surface area (Å²) in [6, 6.07) is 18.7. The van der Waals surface area contributed by atoms with E-state index in [0.717, 1.165) is 29.1 Å². The van der Waals surface area contributed by atoms with Crippen LogP contribution in [0, 0.1) is 17.8 Å². The van der Waals surface area contributed by atoms with E-state index >= 15 is 0 Å². The third kappa shape index (κ3) is 3.21. The molecule has 0 heterocycles. The summed E-state index contributed by atoms with van der Waals surface area (Å²) < 4.78 is 12.3. The molecule has 5 aliphatic rings. The zero-order valence-electron chi connectivity index (χ0n) is 16.1. The van der Waals surface area contributed by atoms with Crippen molar-refractivity contribution in [1.82, 2.24) is 0 Å². The van der Waals surface area contributed by atoms with Gasteiger partial charge in [-0.3, -0.25) is 0 Å². The molecule has 0 aliphatic heterocycles. The second kappa shape index (κ2) is 7.16. The van der Waals surface area contributed by atoms with Crippen molar-refractivity contribution in [3.63, 3.8) is 0 Å². The number of benzene rings is 2. The Morgan fingerprint density at radius 1 is 0.889 bits per heavy atom. The van der Waals surface area contributed by atoms with Gasteiger partial charge in [-0.05, 0) is 67.6 Å². The van der Waals surface area contributed by atoms with E-state index in [1.54, 1.807) is 11.1 Å². The third-order valence-electron chi connectivity index (χ3n) is 6.74. The molecule has 2 nitrogen and oxygen atoms in total. The van der Waals surface area contributed by atoms with E-state index in [2.05, 4.69) is 43.3 Å². The van der Waals surface area contributed by atoms with Crippen molar-refractivity contribution >= 4 is 0 Å². The standard InChI is InChI=1S/C25H28O2/c1-17(23-15-18-13-20-16-21(14-18)25(20)23)26-11-12-27-24-10-6-5-9-22(24)19-7-3-2-4-8-19/h2-10,17-18,20-21H,11-16H2,1H3. The minimum atomic E-state index is 0.251. The van der Waals surface area contributed by atoms with Gasteiger partial charge in [-0.1, -0.05) is 54.1 Å². The van der Waals surface area contributed by atoms with Crippen LogP contribution in [0.25, 0.3) is 11.1 Å². The van der Waals surface area contributed by atoms with Gasteiger partial charge in [-0.15, -0.1) is 0 Å². The lowest BCUT2D eigenvalue weighted by molar-refractivity contribution is 0.0420. The van der Waals surface area contributed by atoms with Crippen LogP contribution in [0.5, 0.6) is 5.75 Å². The number of hydrogen-bond donors (Lipinski definition) is 0. The molecule has 0 amide bonds. The van der Waals surface area contributed by atoms with Crippen molar-refractivity contribution in [1.29, 1.82) is 0 Å². The zero-order valence-corrected chi connectivity index (χ0v) is 16.1. The number of para-hydroxylation sites is 1. The Labute approximate surface area is 162 Å².